The first-order chi connectivity index (χ1) is 3.46. The van der Waals surface area contributed by atoms with Gasteiger partial charge >= 0.3 is 42.1 Å². The van der Waals surface area contributed by atoms with Crippen LogP contribution in [0.5, 0.6) is 0 Å². The van der Waals surface area contributed by atoms with Crippen LogP contribution in [0.4, 0.5) is 0 Å². The van der Waals surface area contributed by atoms with Gasteiger partial charge in [-0.05, 0) is 0 Å². The average molecular weight is 616 g/mol. The second-order valence-corrected chi connectivity index (χ2v) is 0.447. The van der Waals surface area contributed by atoms with Crippen molar-refractivity contribution in [2.45, 2.75) is 0 Å². The summed E-state index contributed by atoms with van der Waals surface area (Å²) in [5.74, 6) is 0. The van der Waals surface area contributed by atoms with E-state index in [4.69, 9.17) is 30.6 Å². The molecule has 14 N–H and O–H groups in total. The van der Waals surface area contributed by atoms with Gasteiger partial charge in [0.2, 0.25) is 0 Å². The van der Waals surface area contributed by atoms with Gasteiger partial charge in [0.25, 0.3) is 0 Å². The van der Waals surface area contributed by atoms with Crippen LogP contribution in [0.3, 0.4) is 0 Å². The van der Waals surface area contributed by atoms with Crippen LogP contribution in [-0.2, 0) is 42.1 Å². The van der Waals surface area contributed by atoms with Crippen LogP contribution in [0.15, 0.2) is 0 Å². The fraction of sp³-hybridized carbons (Fsp3) is 0. The van der Waals surface area contributed by atoms with E-state index >= 15 is 0 Å². The van der Waals surface area contributed by atoms with E-state index < -0.39 is 10.2 Å². The number of rotatable bonds is 0. The van der Waals surface area contributed by atoms with Crippen molar-refractivity contribution in [3.05, 3.63) is 30.6 Å². The van der Waals surface area contributed by atoms with E-state index in [1.807, 2.05) is 0 Å². The monoisotopic (exact) mass is 616 g/mol. The molecule has 0 aliphatic rings. The van der Waals surface area contributed by atoms with Crippen molar-refractivity contribution in [3.8, 4) is 0 Å². The van der Waals surface area contributed by atoms with E-state index in [-0.39, 0.29) is 77.7 Å². The molecule has 16 heavy (non-hydrogen) atoms. The van der Waals surface area contributed by atoms with Crippen LogP contribution in [0.1, 0.15) is 0 Å². The van der Waals surface area contributed by atoms with E-state index in [2.05, 4.69) is 0 Å². The summed E-state index contributed by atoms with van der Waals surface area (Å²) in [5.41, 5.74) is 0. The molecule has 0 heterocycles. The topological polar surface area (TPSA) is 332 Å². The summed E-state index contributed by atoms with van der Waals surface area (Å²) >= 11 is 0. The molecule has 14 nitrogen and oxygen atoms in total. The predicted octanol–water partition coefficient (Wildman–Crippen LogP) is -0.189. The third kappa shape index (κ3) is 9910. The maximum Gasteiger partial charge on any atom is 2.00 e. The maximum absolute atomic E-state index is 8.25. The Balaban J connectivity index is -0.00000000375. The van der Waals surface area contributed by atoms with Gasteiger partial charge in [0.05, 0.1) is 10.2 Å². The minimum atomic E-state index is -1.75. The number of hydrogen-bond acceptors (Lipinski definition) is 12. The van der Waals surface area contributed by atoms with Crippen molar-refractivity contribution in [1.82, 2.24) is 24.6 Å². The second kappa shape index (κ2) is 86.9. The van der Waals surface area contributed by atoms with Gasteiger partial charge in [0, 0.05) is 0 Å². The standard InChI is InChI=1S/2NO3.4H3N.2H2O.2Pt/c2*2-1(3)4;;;;;;;;/h;;4*1H3;2*1H2;;/q2*-1;;;;;;;2*+2/p-2. The molecule has 0 fully saturated rings. The fourth-order valence-corrected chi connectivity index (χ4v) is 0. The van der Waals surface area contributed by atoms with Crippen molar-refractivity contribution in [2.24, 2.45) is 0 Å². The molecule has 0 unspecified atom stereocenters. The Hall–Kier alpha value is -0.463. The van der Waals surface area contributed by atoms with E-state index in [1.54, 1.807) is 0 Å². The van der Waals surface area contributed by atoms with Gasteiger partial charge in [0.1, 0.15) is 0 Å². The summed E-state index contributed by atoms with van der Waals surface area (Å²) in [5, 5.41) is 29.5. The van der Waals surface area contributed by atoms with Crippen molar-refractivity contribution in [2.75, 3.05) is 0 Å². The Bertz CT molecular complexity index is 80.5. The van der Waals surface area contributed by atoms with Gasteiger partial charge in [-0.3, -0.25) is 0 Å². The first-order valence-corrected chi connectivity index (χ1v) is 1.10. The van der Waals surface area contributed by atoms with Crippen LogP contribution in [0.25, 0.3) is 0 Å². The Morgan fingerprint density at radius 3 is 0.562 bits per heavy atom. The van der Waals surface area contributed by atoms with E-state index in [0.717, 1.165) is 0 Å². The molecule has 0 amide bonds. The minimum absolute atomic E-state index is 0. The smallest absolute Gasteiger partial charge is 0.870 e. The first-order valence-electron chi connectivity index (χ1n) is 1.10. The molecule has 0 aliphatic carbocycles. The molecular formula is H14N6O8Pt2. The van der Waals surface area contributed by atoms with Gasteiger partial charge in [-0.2, -0.15) is 0 Å². The molecule has 112 valence electrons. The van der Waals surface area contributed by atoms with Gasteiger partial charge in [-0.1, -0.05) is 0 Å². The number of hydrogen-bond donors (Lipinski definition) is 4. The Kier molecular flexibility index (Phi) is 582. The zero-order valence-electron chi connectivity index (χ0n) is 7.70. The van der Waals surface area contributed by atoms with Crippen molar-refractivity contribution in [1.29, 1.82) is 0 Å². The van der Waals surface area contributed by atoms with Crippen LogP contribution in [-0.4, -0.2) is 21.1 Å². The van der Waals surface area contributed by atoms with Gasteiger partial charge < -0.3 is 66.2 Å². The summed E-state index contributed by atoms with van der Waals surface area (Å²) in [6, 6.07) is 0. The van der Waals surface area contributed by atoms with Crippen molar-refractivity contribution in [3.63, 3.8) is 0 Å². The molecule has 0 aromatic carbocycles. The molecule has 0 bridgehead atoms. The van der Waals surface area contributed by atoms with Crippen molar-refractivity contribution < 1.29 is 63.3 Å². The maximum atomic E-state index is 8.25. The van der Waals surface area contributed by atoms with Crippen LogP contribution < -0.4 is 24.6 Å². The predicted molar refractivity (Wildman–Crippen MR) is 44.7 cm³/mol. The van der Waals surface area contributed by atoms with Gasteiger partial charge in [-0.25, -0.2) is 0 Å². The molecule has 0 aromatic rings. The molecule has 0 saturated carbocycles. The summed E-state index contributed by atoms with van der Waals surface area (Å²) in [4.78, 5) is 16.5. The Morgan fingerprint density at radius 1 is 0.562 bits per heavy atom. The molecule has 0 saturated heterocycles. The van der Waals surface area contributed by atoms with E-state index in [9.17, 15) is 0 Å². The summed E-state index contributed by atoms with van der Waals surface area (Å²) in [7, 11) is 0. The molecule has 16 heteroatoms. The average Bonchev–Trinajstić information content (AvgIpc) is 1.25. The Labute approximate surface area is 118 Å². The van der Waals surface area contributed by atoms with Gasteiger partial charge in [-0.15, -0.1) is 0 Å². The van der Waals surface area contributed by atoms with E-state index in [1.165, 1.54) is 0 Å². The zero-order valence-corrected chi connectivity index (χ0v) is 12.2. The minimum Gasteiger partial charge on any atom is -0.870 e. The van der Waals surface area contributed by atoms with Crippen molar-refractivity contribution >= 4 is 0 Å². The number of nitrogens with zero attached hydrogens (tertiary/aromatic N) is 2. The fourth-order valence-electron chi connectivity index (χ4n) is 0. The quantitative estimate of drug-likeness (QED) is 0.203. The van der Waals surface area contributed by atoms with Gasteiger partial charge in [0.15, 0.2) is 0 Å². The summed E-state index contributed by atoms with van der Waals surface area (Å²) in [6.07, 6.45) is 0. The molecular weight excluding hydrogens is 602 g/mol. The first kappa shape index (κ1) is 107. The second-order valence-electron chi connectivity index (χ2n) is 0.447. The largest absolute Gasteiger partial charge is 2.00 e. The normalized spacial score (nSPS) is 3.00. The van der Waals surface area contributed by atoms with E-state index in [0.29, 0.717) is 0 Å². The zero-order chi connectivity index (χ0) is 7.15. The molecule has 0 radical (unpaired) electrons. The Morgan fingerprint density at radius 2 is 0.562 bits per heavy atom. The molecule has 0 aliphatic heterocycles. The van der Waals surface area contributed by atoms with Crippen LogP contribution >= 0.6 is 0 Å². The summed E-state index contributed by atoms with van der Waals surface area (Å²) in [6.45, 7) is 0. The molecule has 0 atom stereocenters. The molecule has 0 spiro atoms. The van der Waals surface area contributed by atoms with Crippen LogP contribution in [0.2, 0.25) is 0 Å². The summed E-state index contributed by atoms with van der Waals surface area (Å²) < 4.78 is 0. The third-order valence-electron chi connectivity index (χ3n) is 0. The molecule has 0 rings (SSSR count). The SMILES string of the molecule is N.N.N.N.O=[N+]([O-])[O-].O=[N+]([O-])[O-].[OH-].[OH-].[Pt+2].[Pt+2]. The third-order valence-corrected chi connectivity index (χ3v) is 0. The molecule has 0 aromatic heterocycles. The van der Waals surface area contributed by atoms with Crippen LogP contribution in [0, 0.1) is 30.6 Å².